The average molecular weight is 351 g/mol. The Kier molecular flexibility index (Phi) is 4.54. The van der Waals surface area contributed by atoms with E-state index in [1.165, 1.54) is 25.4 Å². The Morgan fingerprint density at radius 3 is 2.62 bits per heavy atom. The lowest BCUT2D eigenvalue weighted by Crippen LogP contribution is -2.03. The number of aromatic nitrogens is 1. The molecule has 2 N–H and O–H groups in total. The van der Waals surface area contributed by atoms with Gasteiger partial charge in [0, 0.05) is 10.7 Å². The Labute approximate surface area is 128 Å². The third kappa shape index (κ3) is 3.57. The maximum atomic E-state index is 11.5. The number of rotatable bonds is 4. The minimum atomic E-state index is -1.01. The van der Waals surface area contributed by atoms with E-state index in [1.807, 2.05) is 0 Å². The molecule has 1 aromatic heterocycles. The number of aromatic carboxylic acids is 1. The van der Waals surface area contributed by atoms with E-state index in [2.05, 4.69) is 31.0 Å². The maximum Gasteiger partial charge on any atom is 0.338 e. The van der Waals surface area contributed by atoms with Gasteiger partial charge in [-0.05, 0) is 46.3 Å². The van der Waals surface area contributed by atoms with Crippen LogP contribution in [0.25, 0.3) is 0 Å². The van der Waals surface area contributed by atoms with Crippen LogP contribution in [0.5, 0.6) is 0 Å². The first-order valence-corrected chi connectivity index (χ1v) is 6.65. The van der Waals surface area contributed by atoms with Gasteiger partial charge in [-0.25, -0.2) is 14.6 Å². The van der Waals surface area contributed by atoms with Crippen molar-refractivity contribution >= 4 is 39.4 Å². The lowest BCUT2D eigenvalue weighted by Gasteiger charge is -2.09. The summed E-state index contributed by atoms with van der Waals surface area (Å²) in [6, 6.07) is 7.65. The SMILES string of the molecule is COC(=O)c1ccnc(Nc2ccc(C(=O)O)cc2Br)c1. The first-order chi connectivity index (χ1) is 10.0. The normalized spacial score (nSPS) is 10.0. The summed E-state index contributed by atoms with van der Waals surface area (Å²) in [5, 5.41) is 11.9. The molecule has 6 nitrogen and oxygen atoms in total. The summed E-state index contributed by atoms with van der Waals surface area (Å²) in [6.45, 7) is 0. The summed E-state index contributed by atoms with van der Waals surface area (Å²) in [6.07, 6.45) is 1.48. The molecule has 0 spiro atoms. The van der Waals surface area contributed by atoms with Crippen LogP contribution in [0.15, 0.2) is 41.0 Å². The van der Waals surface area contributed by atoms with Crippen LogP contribution < -0.4 is 5.32 Å². The predicted molar refractivity (Wildman–Crippen MR) is 80.0 cm³/mol. The minimum absolute atomic E-state index is 0.170. The first kappa shape index (κ1) is 15.0. The molecule has 0 saturated heterocycles. The molecule has 0 bridgehead atoms. The van der Waals surface area contributed by atoms with Gasteiger partial charge >= 0.3 is 11.9 Å². The third-order valence-electron chi connectivity index (χ3n) is 2.66. The predicted octanol–water partition coefficient (Wildman–Crippen LogP) is 3.07. The van der Waals surface area contributed by atoms with Crippen LogP contribution in [0, 0.1) is 0 Å². The van der Waals surface area contributed by atoms with E-state index in [1.54, 1.807) is 18.2 Å². The van der Waals surface area contributed by atoms with Crippen molar-refractivity contribution in [2.75, 3.05) is 12.4 Å². The third-order valence-corrected chi connectivity index (χ3v) is 3.32. The van der Waals surface area contributed by atoms with Gasteiger partial charge in [0.05, 0.1) is 23.9 Å². The quantitative estimate of drug-likeness (QED) is 0.823. The van der Waals surface area contributed by atoms with Gasteiger partial charge in [0.25, 0.3) is 0 Å². The van der Waals surface area contributed by atoms with Crippen LogP contribution >= 0.6 is 15.9 Å². The number of carbonyl (C=O) groups is 2. The van der Waals surface area contributed by atoms with Gasteiger partial charge < -0.3 is 15.2 Å². The number of hydrogen-bond acceptors (Lipinski definition) is 5. The van der Waals surface area contributed by atoms with Crippen LogP contribution in [-0.2, 0) is 4.74 Å². The molecule has 0 amide bonds. The van der Waals surface area contributed by atoms with E-state index in [0.29, 0.717) is 21.5 Å². The molecule has 2 aromatic rings. The molecule has 21 heavy (non-hydrogen) atoms. The standard InChI is InChI=1S/C14H11BrN2O4/c1-21-14(20)9-4-5-16-12(7-9)17-11-3-2-8(13(18)19)6-10(11)15/h2-7H,1H3,(H,16,17)(H,18,19). The van der Waals surface area contributed by atoms with Gasteiger partial charge in [0.2, 0.25) is 0 Å². The topological polar surface area (TPSA) is 88.5 Å². The smallest absolute Gasteiger partial charge is 0.338 e. The van der Waals surface area contributed by atoms with Gasteiger partial charge in [-0.2, -0.15) is 0 Å². The number of hydrogen-bond donors (Lipinski definition) is 2. The van der Waals surface area contributed by atoms with Crippen molar-refractivity contribution in [3.8, 4) is 0 Å². The van der Waals surface area contributed by atoms with Crippen LogP contribution in [0.1, 0.15) is 20.7 Å². The van der Waals surface area contributed by atoms with Crippen LogP contribution in [0.4, 0.5) is 11.5 Å². The van der Waals surface area contributed by atoms with Crippen molar-refractivity contribution < 1.29 is 19.4 Å². The molecular weight excluding hydrogens is 340 g/mol. The molecule has 108 valence electrons. The van der Waals surface area contributed by atoms with Crippen molar-refractivity contribution in [3.63, 3.8) is 0 Å². The number of nitrogens with zero attached hydrogens (tertiary/aromatic N) is 1. The maximum absolute atomic E-state index is 11.5. The van der Waals surface area contributed by atoms with Crippen molar-refractivity contribution in [2.45, 2.75) is 0 Å². The van der Waals surface area contributed by atoms with Gasteiger partial charge in [0.15, 0.2) is 0 Å². The lowest BCUT2D eigenvalue weighted by atomic mass is 10.2. The highest BCUT2D eigenvalue weighted by Crippen LogP contribution is 2.26. The van der Waals surface area contributed by atoms with E-state index < -0.39 is 11.9 Å². The Hall–Kier alpha value is -2.41. The molecule has 7 heteroatoms. The second-order valence-corrected chi connectivity index (χ2v) is 4.90. The summed E-state index contributed by atoms with van der Waals surface area (Å²) < 4.78 is 5.21. The number of carbonyl (C=O) groups excluding carboxylic acids is 1. The van der Waals surface area contributed by atoms with Gasteiger partial charge in [0.1, 0.15) is 5.82 Å². The van der Waals surface area contributed by atoms with Crippen molar-refractivity contribution in [1.82, 2.24) is 4.98 Å². The zero-order valence-electron chi connectivity index (χ0n) is 11.0. The largest absolute Gasteiger partial charge is 0.478 e. The number of esters is 1. The number of benzene rings is 1. The Bertz CT molecular complexity index is 703. The van der Waals surface area contributed by atoms with Gasteiger partial charge in [-0.3, -0.25) is 0 Å². The molecule has 2 rings (SSSR count). The molecule has 1 heterocycles. The number of ether oxygens (including phenoxy) is 1. The molecule has 0 aliphatic carbocycles. The summed E-state index contributed by atoms with van der Waals surface area (Å²) in [7, 11) is 1.30. The summed E-state index contributed by atoms with van der Waals surface area (Å²) >= 11 is 3.29. The highest BCUT2D eigenvalue weighted by atomic mass is 79.9. The molecule has 0 fully saturated rings. The fourth-order valence-electron chi connectivity index (χ4n) is 1.63. The Morgan fingerprint density at radius 2 is 2.00 bits per heavy atom. The average Bonchev–Trinajstić information content (AvgIpc) is 2.48. The highest BCUT2D eigenvalue weighted by Gasteiger charge is 2.09. The van der Waals surface area contributed by atoms with Gasteiger partial charge in [-0.1, -0.05) is 0 Å². The van der Waals surface area contributed by atoms with E-state index in [-0.39, 0.29) is 5.56 Å². The summed E-state index contributed by atoms with van der Waals surface area (Å²) in [5.41, 5.74) is 1.17. The lowest BCUT2D eigenvalue weighted by molar-refractivity contribution is 0.0599. The summed E-state index contributed by atoms with van der Waals surface area (Å²) in [4.78, 5) is 26.4. The van der Waals surface area contributed by atoms with Gasteiger partial charge in [-0.15, -0.1) is 0 Å². The number of carboxylic acids is 1. The van der Waals surface area contributed by atoms with E-state index in [4.69, 9.17) is 5.11 Å². The minimum Gasteiger partial charge on any atom is -0.478 e. The van der Waals surface area contributed by atoms with Crippen molar-refractivity contribution in [3.05, 3.63) is 52.1 Å². The molecule has 0 aliphatic heterocycles. The zero-order chi connectivity index (χ0) is 15.4. The highest BCUT2D eigenvalue weighted by molar-refractivity contribution is 9.10. The first-order valence-electron chi connectivity index (χ1n) is 5.85. The van der Waals surface area contributed by atoms with Crippen molar-refractivity contribution in [2.24, 2.45) is 0 Å². The molecule has 0 atom stereocenters. The fraction of sp³-hybridized carbons (Fsp3) is 0.0714. The number of methoxy groups -OCH3 is 1. The Morgan fingerprint density at radius 1 is 1.24 bits per heavy atom. The zero-order valence-corrected chi connectivity index (χ0v) is 12.5. The van der Waals surface area contributed by atoms with E-state index >= 15 is 0 Å². The molecule has 0 radical (unpaired) electrons. The second-order valence-electron chi connectivity index (χ2n) is 4.05. The van der Waals surface area contributed by atoms with E-state index in [9.17, 15) is 9.59 Å². The fourth-order valence-corrected chi connectivity index (χ4v) is 2.11. The van der Waals surface area contributed by atoms with Crippen LogP contribution in [-0.4, -0.2) is 29.1 Å². The number of nitrogens with one attached hydrogen (secondary N) is 1. The Balaban J connectivity index is 2.26. The second kappa shape index (κ2) is 6.36. The number of pyridine rings is 1. The monoisotopic (exact) mass is 350 g/mol. The van der Waals surface area contributed by atoms with Crippen molar-refractivity contribution in [1.29, 1.82) is 0 Å². The molecule has 0 unspecified atom stereocenters. The molecule has 0 aliphatic rings. The molecule has 1 aromatic carbocycles. The van der Waals surface area contributed by atoms with E-state index in [0.717, 1.165) is 0 Å². The van der Waals surface area contributed by atoms with Crippen LogP contribution in [0.3, 0.4) is 0 Å². The number of halogens is 1. The molecule has 0 saturated carbocycles. The number of carboxylic acid groups (broad SMARTS) is 1. The van der Waals surface area contributed by atoms with Crippen LogP contribution in [0.2, 0.25) is 0 Å². The molecular formula is C14H11BrN2O4. The number of anilines is 2. The summed E-state index contributed by atoms with van der Waals surface area (Å²) in [5.74, 6) is -1.02.